The molecule has 0 atom stereocenters. The monoisotopic (exact) mass is 335 g/mol. The molecule has 132 valence electrons. The molecule has 1 aromatic rings. The molecular formula is C18H26FN3O2. The van der Waals surface area contributed by atoms with Crippen molar-refractivity contribution in [3.05, 3.63) is 35.6 Å². The Labute approximate surface area is 142 Å². The fraction of sp³-hybridized carbons (Fsp3) is 0.556. The first-order valence-corrected chi connectivity index (χ1v) is 8.34. The second kappa shape index (κ2) is 7.64. The number of carbonyl (C=O) groups is 2. The van der Waals surface area contributed by atoms with E-state index in [0.717, 1.165) is 0 Å². The molecule has 24 heavy (non-hydrogen) atoms. The first-order chi connectivity index (χ1) is 11.3. The van der Waals surface area contributed by atoms with Crippen LogP contribution in [0.4, 0.5) is 9.18 Å². The first kappa shape index (κ1) is 18.2. The maximum absolute atomic E-state index is 13.8. The maximum atomic E-state index is 13.8. The van der Waals surface area contributed by atoms with Crippen LogP contribution in [0.3, 0.4) is 0 Å². The van der Waals surface area contributed by atoms with Gasteiger partial charge in [0.25, 0.3) is 5.91 Å². The van der Waals surface area contributed by atoms with Gasteiger partial charge in [-0.1, -0.05) is 32.9 Å². The molecule has 3 amide bonds. The van der Waals surface area contributed by atoms with Gasteiger partial charge in [-0.25, -0.2) is 9.18 Å². The summed E-state index contributed by atoms with van der Waals surface area (Å²) in [4.78, 5) is 28.1. The maximum Gasteiger partial charge on any atom is 0.317 e. The Bertz CT molecular complexity index is 598. The molecule has 6 heteroatoms. The van der Waals surface area contributed by atoms with Crippen LogP contribution >= 0.6 is 0 Å². The molecule has 1 aliphatic rings. The lowest BCUT2D eigenvalue weighted by molar-refractivity contribution is 0.0757. The molecule has 1 fully saturated rings. The van der Waals surface area contributed by atoms with E-state index >= 15 is 0 Å². The van der Waals surface area contributed by atoms with Crippen molar-refractivity contribution < 1.29 is 14.0 Å². The Morgan fingerprint density at radius 1 is 1.08 bits per heavy atom. The Morgan fingerprint density at radius 2 is 1.71 bits per heavy atom. The summed E-state index contributed by atoms with van der Waals surface area (Å²) in [6.45, 7) is 8.76. The predicted octanol–water partition coefficient (Wildman–Crippen LogP) is 2.73. The summed E-state index contributed by atoms with van der Waals surface area (Å²) >= 11 is 0. The van der Waals surface area contributed by atoms with Gasteiger partial charge in [0.2, 0.25) is 0 Å². The quantitative estimate of drug-likeness (QED) is 0.903. The van der Waals surface area contributed by atoms with Crippen molar-refractivity contribution in [2.24, 2.45) is 5.41 Å². The van der Waals surface area contributed by atoms with Crippen molar-refractivity contribution in [2.75, 3.05) is 32.7 Å². The van der Waals surface area contributed by atoms with Crippen molar-refractivity contribution >= 4 is 11.9 Å². The van der Waals surface area contributed by atoms with Gasteiger partial charge in [0.15, 0.2) is 0 Å². The molecule has 0 spiro atoms. The third-order valence-electron chi connectivity index (χ3n) is 3.94. The molecule has 0 saturated carbocycles. The number of benzene rings is 1. The number of nitrogens with zero attached hydrogens (tertiary/aromatic N) is 2. The molecule has 0 bridgehead atoms. The van der Waals surface area contributed by atoms with E-state index in [1.165, 1.54) is 12.1 Å². The standard InChI is InChI=1S/C18H26FN3O2/c1-18(2,3)13-20-17(24)22-10-6-9-21(11-12-22)16(23)14-7-4-5-8-15(14)19/h4-5,7-8H,6,9-13H2,1-3H3,(H,20,24). The summed E-state index contributed by atoms with van der Waals surface area (Å²) in [5, 5.41) is 2.93. The van der Waals surface area contributed by atoms with Crippen molar-refractivity contribution in [3.63, 3.8) is 0 Å². The van der Waals surface area contributed by atoms with E-state index in [1.54, 1.807) is 21.9 Å². The van der Waals surface area contributed by atoms with E-state index in [9.17, 15) is 14.0 Å². The van der Waals surface area contributed by atoms with Gasteiger partial charge in [0, 0.05) is 32.7 Å². The average Bonchev–Trinajstić information content (AvgIpc) is 2.78. The molecule has 0 radical (unpaired) electrons. The number of carbonyl (C=O) groups excluding carboxylic acids is 2. The highest BCUT2D eigenvalue weighted by Crippen LogP contribution is 2.14. The van der Waals surface area contributed by atoms with Gasteiger partial charge in [0.05, 0.1) is 5.56 Å². The minimum Gasteiger partial charge on any atom is -0.337 e. The Hall–Kier alpha value is -2.11. The Morgan fingerprint density at radius 3 is 2.38 bits per heavy atom. The first-order valence-electron chi connectivity index (χ1n) is 8.34. The molecule has 1 saturated heterocycles. The molecule has 1 N–H and O–H groups in total. The number of nitrogens with one attached hydrogen (secondary N) is 1. The zero-order valence-electron chi connectivity index (χ0n) is 14.6. The van der Waals surface area contributed by atoms with Crippen LogP contribution in [0.1, 0.15) is 37.6 Å². The summed E-state index contributed by atoms with van der Waals surface area (Å²) in [5.74, 6) is -0.823. The minimum atomic E-state index is -0.508. The van der Waals surface area contributed by atoms with Gasteiger partial charge < -0.3 is 15.1 Å². The van der Waals surface area contributed by atoms with E-state index in [2.05, 4.69) is 26.1 Å². The largest absolute Gasteiger partial charge is 0.337 e. The number of rotatable bonds is 2. The van der Waals surface area contributed by atoms with Crippen LogP contribution < -0.4 is 5.32 Å². The fourth-order valence-corrected chi connectivity index (χ4v) is 2.58. The van der Waals surface area contributed by atoms with Crippen LogP contribution in [-0.4, -0.2) is 54.5 Å². The summed E-state index contributed by atoms with van der Waals surface area (Å²) in [6.07, 6.45) is 0.684. The Kier molecular flexibility index (Phi) is 5.80. The number of amides is 3. The molecule has 1 heterocycles. The zero-order chi connectivity index (χ0) is 17.7. The molecule has 0 aromatic heterocycles. The molecule has 0 unspecified atom stereocenters. The van der Waals surface area contributed by atoms with Gasteiger partial charge in [-0.3, -0.25) is 4.79 Å². The number of hydrogen-bond donors (Lipinski definition) is 1. The van der Waals surface area contributed by atoms with Gasteiger partial charge >= 0.3 is 6.03 Å². The molecular weight excluding hydrogens is 309 g/mol. The van der Waals surface area contributed by atoms with Crippen LogP contribution in [0.5, 0.6) is 0 Å². The van der Waals surface area contributed by atoms with E-state index in [1.807, 2.05) is 0 Å². The summed E-state index contributed by atoms with van der Waals surface area (Å²) in [7, 11) is 0. The van der Waals surface area contributed by atoms with Gasteiger partial charge in [-0.15, -0.1) is 0 Å². The molecule has 1 aliphatic heterocycles. The van der Waals surface area contributed by atoms with Crippen LogP contribution in [-0.2, 0) is 0 Å². The van der Waals surface area contributed by atoms with E-state index in [4.69, 9.17) is 0 Å². The number of hydrogen-bond acceptors (Lipinski definition) is 2. The fourth-order valence-electron chi connectivity index (χ4n) is 2.58. The summed E-state index contributed by atoms with van der Waals surface area (Å²) in [5.41, 5.74) is 0.108. The molecule has 2 rings (SSSR count). The highest BCUT2D eigenvalue weighted by Gasteiger charge is 2.24. The van der Waals surface area contributed by atoms with Crippen LogP contribution in [0.25, 0.3) is 0 Å². The Balaban J connectivity index is 1.94. The lowest BCUT2D eigenvalue weighted by Gasteiger charge is -2.25. The van der Waals surface area contributed by atoms with Crippen molar-refractivity contribution in [2.45, 2.75) is 27.2 Å². The van der Waals surface area contributed by atoms with Crippen LogP contribution in [0.15, 0.2) is 24.3 Å². The van der Waals surface area contributed by atoms with Crippen molar-refractivity contribution in [3.8, 4) is 0 Å². The molecule has 5 nitrogen and oxygen atoms in total. The van der Waals surface area contributed by atoms with Crippen LogP contribution in [0.2, 0.25) is 0 Å². The third-order valence-corrected chi connectivity index (χ3v) is 3.94. The predicted molar refractivity (Wildman–Crippen MR) is 91.3 cm³/mol. The van der Waals surface area contributed by atoms with Crippen molar-refractivity contribution in [1.82, 2.24) is 15.1 Å². The zero-order valence-corrected chi connectivity index (χ0v) is 14.6. The highest BCUT2D eigenvalue weighted by atomic mass is 19.1. The third kappa shape index (κ3) is 4.94. The SMILES string of the molecule is CC(C)(C)CNC(=O)N1CCCN(C(=O)c2ccccc2F)CC1. The molecule has 1 aromatic carbocycles. The number of halogens is 1. The van der Waals surface area contributed by atoms with Gasteiger partial charge in [0.1, 0.15) is 5.82 Å². The highest BCUT2D eigenvalue weighted by molar-refractivity contribution is 5.94. The topological polar surface area (TPSA) is 52.7 Å². The van der Waals surface area contributed by atoms with E-state index in [0.29, 0.717) is 39.1 Å². The second-order valence-electron chi connectivity index (χ2n) is 7.33. The van der Waals surface area contributed by atoms with Crippen molar-refractivity contribution in [1.29, 1.82) is 0 Å². The second-order valence-corrected chi connectivity index (χ2v) is 7.33. The lowest BCUT2D eigenvalue weighted by Crippen LogP contribution is -2.44. The minimum absolute atomic E-state index is 0.0222. The van der Waals surface area contributed by atoms with Gasteiger partial charge in [-0.2, -0.15) is 0 Å². The lowest BCUT2D eigenvalue weighted by atomic mass is 9.97. The van der Waals surface area contributed by atoms with Crippen LogP contribution in [0, 0.1) is 11.2 Å². The number of urea groups is 1. The van der Waals surface area contributed by atoms with E-state index in [-0.39, 0.29) is 22.9 Å². The summed E-state index contributed by atoms with van der Waals surface area (Å²) in [6, 6.07) is 5.90. The molecule has 0 aliphatic carbocycles. The summed E-state index contributed by atoms with van der Waals surface area (Å²) < 4.78 is 13.8. The van der Waals surface area contributed by atoms with Gasteiger partial charge in [-0.05, 0) is 24.0 Å². The van der Waals surface area contributed by atoms with E-state index < -0.39 is 5.82 Å². The average molecular weight is 335 g/mol. The normalized spacial score (nSPS) is 15.8. The smallest absolute Gasteiger partial charge is 0.317 e.